The number of aromatic nitrogens is 2. The van der Waals surface area contributed by atoms with E-state index < -0.39 is 0 Å². The van der Waals surface area contributed by atoms with E-state index in [0.29, 0.717) is 12.0 Å². The van der Waals surface area contributed by atoms with Crippen molar-refractivity contribution < 1.29 is 4.74 Å². The number of ether oxygens (including phenoxy) is 1. The van der Waals surface area contributed by atoms with Crippen molar-refractivity contribution in [2.75, 3.05) is 45.6 Å². The highest BCUT2D eigenvalue weighted by molar-refractivity contribution is 14.0. The van der Waals surface area contributed by atoms with Gasteiger partial charge in [0.05, 0.1) is 18.9 Å². The molecule has 0 aliphatic carbocycles. The second-order valence-electron chi connectivity index (χ2n) is 7.46. The van der Waals surface area contributed by atoms with Gasteiger partial charge in [0.2, 0.25) is 0 Å². The monoisotopic (exact) mass is 507 g/mol. The first-order valence-electron chi connectivity index (χ1n) is 9.81. The Kier molecular flexibility index (Phi) is 9.21. The summed E-state index contributed by atoms with van der Waals surface area (Å²) in [5.41, 5.74) is 0. The van der Waals surface area contributed by atoms with Crippen LogP contribution in [-0.4, -0.2) is 70.8 Å². The van der Waals surface area contributed by atoms with Crippen LogP contribution in [0.15, 0.2) is 23.7 Å². The number of likely N-dealkylation sites (tertiary alicyclic amines) is 1. The van der Waals surface area contributed by atoms with Crippen LogP contribution in [0.25, 0.3) is 0 Å². The first-order chi connectivity index (χ1) is 12.7. The number of hydrogen-bond acceptors (Lipinski definition) is 4. The predicted molar refractivity (Wildman–Crippen MR) is 124 cm³/mol. The summed E-state index contributed by atoms with van der Waals surface area (Å²) < 4.78 is 8.05. The van der Waals surface area contributed by atoms with E-state index in [0.717, 1.165) is 58.2 Å². The second kappa shape index (κ2) is 10.9. The third-order valence-electron chi connectivity index (χ3n) is 5.81. The van der Waals surface area contributed by atoms with Crippen LogP contribution in [0.2, 0.25) is 0 Å². The van der Waals surface area contributed by atoms with Gasteiger partial charge in [-0.3, -0.25) is 4.99 Å². The minimum atomic E-state index is 0. The SMILES string of the molecule is CCNC(=NCC1(SC)CCOCC1)N1CCC(C)C(n2ccnc2)C1.I. The van der Waals surface area contributed by atoms with Crippen LogP contribution >= 0.6 is 35.7 Å². The van der Waals surface area contributed by atoms with Crippen molar-refractivity contribution in [1.82, 2.24) is 19.8 Å². The third kappa shape index (κ3) is 5.76. The van der Waals surface area contributed by atoms with E-state index in [-0.39, 0.29) is 28.7 Å². The third-order valence-corrected chi connectivity index (χ3v) is 7.22. The topological polar surface area (TPSA) is 54.7 Å². The normalized spacial score (nSPS) is 25.7. The maximum Gasteiger partial charge on any atom is 0.194 e. The summed E-state index contributed by atoms with van der Waals surface area (Å²) in [6.45, 7) is 10.0. The standard InChI is InChI=1S/C19H33N5OS.HI/c1-4-21-18(22-14-19(26-3)6-11-25-12-7-19)23-9-5-16(2)17(13-23)24-10-8-20-15-24;/h8,10,15-17H,4-7,9,11-14H2,1-3H3,(H,21,22);1H. The Hall–Kier alpha value is -0.480. The van der Waals surface area contributed by atoms with Gasteiger partial charge in [-0.2, -0.15) is 11.8 Å². The van der Waals surface area contributed by atoms with Crippen molar-refractivity contribution in [1.29, 1.82) is 0 Å². The molecule has 2 saturated heterocycles. The maximum absolute atomic E-state index is 5.57. The molecule has 0 saturated carbocycles. The molecule has 3 rings (SSSR count). The van der Waals surface area contributed by atoms with Crippen molar-refractivity contribution in [3.63, 3.8) is 0 Å². The van der Waals surface area contributed by atoms with Crippen LogP contribution in [0.4, 0.5) is 0 Å². The summed E-state index contributed by atoms with van der Waals surface area (Å²) in [6, 6.07) is 0.452. The summed E-state index contributed by atoms with van der Waals surface area (Å²) in [5, 5.41) is 3.52. The molecule has 154 valence electrons. The fraction of sp³-hybridized carbons (Fsp3) is 0.789. The molecule has 1 aromatic rings. The van der Waals surface area contributed by atoms with Crippen molar-refractivity contribution in [3.05, 3.63) is 18.7 Å². The lowest BCUT2D eigenvalue weighted by Gasteiger charge is -2.40. The highest BCUT2D eigenvalue weighted by Gasteiger charge is 2.33. The fourth-order valence-corrected chi connectivity index (χ4v) is 4.68. The highest BCUT2D eigenvalue weighted by Crippen LogP contribution is 2.34. The number of hydrogen-bond donors (Lipinski definition) is 1. The molecule has 1 aromatic heterocycles. The van der Waals surface area contributed by atoms with E-state index in [1.165, 1.54) is 6.42 Å². The zero-order valence-corrected chi connectivity index (χ0v) is 19.9. The number of aliphatic imine (C=N–C) groups is 1. The molecule has 0 spiro atoms. The quantitative estimate of drug-likeness (QED) is 0.377. The summed E-state index contributed by atoms with van der Waals surface area (Å²) in [5.74, 6) is 1.71. The Morgan fingerprint density at radius 2 is 2.19 bits per heavy atom. The van der Waals surface area contributed by atoms with Gasteiger partial charge < -0.3 is 19.5 Å². The number of rotatable bonds is 5. The minimum Gasteiger partial charge on any atom is -0.381 e. The fourth-order valence-electron chi connectivity index (χ4n) is 3.91. The van der Waals surface area contributed by atoms with E-state index >= 15 is 0 Å². The molecule has 2 aliphatic rings. The van der Waals surface area contributed by atoms with Crippen LogP contribution < -0.4 is 5.32 Å². The van der Waals surface area contributed by atoms with Crippen molar-refractivity contribution >= 4 is 41.7 Å². The number of thioether (sulfide) groups is 1. The van der Waals surface area contributed by atoms with Crippen molar-refractivity contribution in [2.24, 2.45) is 10.9 Å². The lowest BCUT2D eigenvalue weighted by molar-refractivity contribution is 0.0793. The number of imidazole rings is 1. The van der Waals surface area contributed by atoms with E-state index in [1.54, 1.807) is 0 Å². The number of nitrogens with one attached hydrogen (secondary N) is 1. The molecule has 6 nitrogen and oxygen atoms in total. The second-order valence-corrected chi connectivity index (χ2v) is 8.73. The summed E-state index contributed by atoms with van der Waals surface area (Å²) >= 11 is 1.95. The van der Waals surface area contributed by atoms with Crippen LogP contribution in [0, 0.1) is 5.92 Å². The molecule has 2 fully saturated rings. The van der Waals surface area contributed by atoms with Crippen molar-refractivity contribution in [2.45, 2.75) is 43.9 Å². The zero-order chi connectivity index (χ0) is 18.4. The van der Waals surface area contributed by atoms with E-state index in [1.807, 2.05) is 24.3 Å². The molecule has 2 unspecified atom stereocenters. The molecule has 27 heavy (non-hydrogen) atoms. The van der Waals surface area contributed by atoms with Gasteiger partial charge in [-0.05, 0) is 38.4 Å². The molecule has 2 atom stereocenters. The molecule has 0 radical (unpaired) electrons. The van der Waals surface area contributed by atoms with Crippen molar-refractivity contribution in [3.8, 4) is 0 Å². The number of nitrogens with zero attached hydrogens (tertiary/aromatic N) is 4. The number of halogens is 1. The van der Waals surface area contributed by atoms with Gasteiger partial charge in [-0.1, -0.05) is 6.92 Å². The lowest BCUT2D eigenvalue weighted by Crippen LogP contribution is -2.49. The highest BCUT2D eigenvalue weighted by atomic mass is 127. The van der Waals surface area contributed by atoms with Crippen LogP contribution in [0.5, 0.6) is 0 Å². The average molecular weight is 507 g/mol. The Morgan fingerprint density at radius 3 is 2.81 bits per heavy atom. The first-order valence-corrected chi connectivity index (χ1v) is 11.0. The Morgan fingerprint density at radius 1 is 1.41 bits per heavy atom. The van der Waals surface area contributed by atoms with Gasteiger partial charge in [0.25, 0.3) is 0 Å². The molecule has 0 aromatic carbocycles. The number of piperidine rings is 1. The average Bonchev–Trinajstić information content (AvgIpc) is 3.21. The van der Waals surface area contributed by atoms with Crippen LogP contribution in [-0.2, 0) is 4.74 Å². The van der Waals surface area contributed by atoms with Gasteiger partial charge in [-0.15, -0.1) is 24.0 Å². The first kappa shape index (κ1) is 22.8. The zero-order valence-electron chi connectivity index (χ0n) is 16.8. The molecule has 0 amide bonds. The predicted octanol–water partition coefficient (Wildman–Crippen LogP) is 3.26. The Balaban J connectivity index is 0.00000261. The number of guanidine groups is 1. The summed E-state index contributed by atoms with van der Waals surface area (Å²) in [7, 11) is 0. The molecular formula is C19H34IN5OS. The summed E-state index contributed by atoms with van der Waals surface area (Å²) in [6.07, 6.45) is 11.5. The van der Waals surface area contributed by atoms with Gasteiger partial charge in [0, 0.05) is 50.0 Å². The van der Waals surface area contributed by atoms with E-state index in [4.69, 9.17) is 9.73 Å². The minimum absolute atomic E-state index is 0. The maximum atomic E-state index is 5.57. The molecular weight excluding hydrogens is 473 g/mol. The Labute approximate surface area is 184 Å². The lowest BCUT2D eigenvalue weighted by atomic mass is 9.93. The molecule has 1 N–H and O–H groups in total. The molecule has 0 bridgehead atoms. The van der Waals surface area contributed by atoms with Crippen LogP contribution in [0.3, 0.4) is 0 Å². The van der Waals surface area contributed by atoms with Gasteiger partial charge in [0.1, 0.15) is 0 Å². The smallest absolute Gasteiger partial charge is 0.194 e. The van der Waals surface area contributed by atoms with E-state index in [9.17, 15) is 0 Å². The van der Waals surface area contributed by atoms with Gasteiger partial charge in [0.15, 0.2) is 5.96 Å². The Bertz CT molecular complexity index is 577. The largest absolute Gasteiger partial charge is 0.381 e. The molecule has 8 heteroatoms. The van der Waals surface area contributed by atoms with Gasteiger partial charge >= 0.3 is 0 Å². The molecule has 2 aliphatic heterocycles. The molecule has 3 heterocycles. The van der Waals surface area contributed by atoms with Gasteiger partial charge in [-0.25, -0.2) is 4.98 Å². The van der Waals surface area contributed by atoms with E-state index in [2.05, 4.69) is 46.1 Å². The van der Waals surface area contributed by atoms with Crippen LogP contribution in [0.1, 0.15) is 39.2 Å². The summed E-state index contributed by atoms with van der Waals surface area (Å²) in [4.78, 5) is 11.7.